The molecule has 0 radical (unpaired) electrons. The maximum atomic E-state index is 12.5. The zero-order chi connectivity index (χ0) is 20.7. The highest BCUT2D eigenvalue weighted by atomic mass is 16.2. The first-order valence-electron chi connectivity index (χ1n) is 10.3. The number of fused-ring (bicyclic) bond motifs is 2. The van der Waals surface area contributed by atoms with Crippen molar-refractivity contribution in [2.45, 2.75) is 12.8 Å². The minimum Gasteiger partial charge on any atom is -0.361 e. The molecule has 2 aromatic carbocycles. The molecule has 2 aliphatic rings. The Hall–Kier alpha value is -3.43. The maximum absolute atomic E-state index is 12.5. The Bertz CT molecular complexity index is 1150. The molecule has 1 atom stereocenters. The Labute approximate surface area is 174 Å². The highest BCUT2D eigenvalue weighted by Crippen LogP contribution is 2.27. The molecular weight excluding hydrogens is 376 g/mol. The first-order valence-corrected chi connectivity index (χ1v) is 10.3. The van der Waals surface area contributed by atoms with E-state index in [-0.39, 0.29) is 11.8 Å². The van der Waals surface area contributed by atoms with Crippen LogP contribution in [0, 0.1) is 17.2 Å². The largest absolute Gasteiger partial charge is 0.361 e. The van der Waals surface area contributed by atoms with Crippen LogP contribution >= 0.6 is 0 Å². The number of nitrogens with zero attached hydrogens (tertiary/aromatic N) is 3. The Morgan fingerprint density at radius 1 is 1.07 bits per heavy atom. The predicted molar refractivity (Wildman–Crippen MR) is 113 cm³/mol. The molecule has 1 unspecified atom stereocenters. The van der Waals surface area contributed by atoms with Gasteiger partial charge in [-0.15, -0.1) is 0 Å². The van der Waals surface area contributed by atoms with E-state index >= 15 is 0 Å². The van der Waals surface area contributed by atoms with Gasteiger partial charge in [0.1, 0.15) is 0 Å². The van der Waals surface area contributed by atoms with Crippen LogP contribution < -0.4 is 0 Å². The van der Waals surface area contributed by atoms with Crippen LogP contribution in [0.1, 0.15) is 38.3 Å². The summed E-state index contributed by atoms with van der Waals surface area (Å²) in [7, 11) is 0. The molecule has 6 heteroatoms. The summed E-state index contributed by atoms with van der Waals surface area (Å²) in [5.74, 6) is 0.161. The lowest BCUT2D eigenvalue weighted by molar-refractivity contribution is 0.0640. The van der Waals surface area contributed by atoms with Crippen LogP contribution in [-0.2, 0) is 6.42 Å². The Kier molecular flexibility index (Phi) is 4.61. The highest BCUT2D eigenvalue weighted by Gasteiger charge is 2.35. The van der Waals surface area contributed by atoms with Crippen molar-refractivity contribution in [1.82, 2.24) is 14.8 Å². The van der Waals surface area contributed by atoms with Crippen LogP contribution in [0.15, 0.2) is 48.7 Å². The number of aromatic nitrogens is 1. The number of carbonyl (C=O) groups excluding carboxylic acids is 2. The molecule has 0 bridgehead atoms. The van der Waals surface area contributed by atoms with Crippen molar-refractivity contribution in [3.8, 4) is 6.07 Å². The molecular formula is C24H22N4O2. The fourth-order valence-electron chi connectivity index (χ4n) is 4.69. The van der Waals surface area contributed by atoms with Crippen molar-refractivity contribution in [3.63, 3.8) is 0 Å². The van der Waals surface area contributed by atoms with Crippen LogP contribution in [0.3, 0.4) is 0 Å². The highest BCUT2D eigenvalue weighted by molar-refractivity contribution is 6.21. The minimum absolute atomic E-state index is 0.182. The lowest BCUT2D eigenvalue weighted by atomic mass is 9.98. The quantitative estimate of drug-likeness (QED) is 0.670. The van der Waals surface area contributed by atoms with Gasteiger partial charge in [0.15, 0.2) is 0 Å². The summed E-state index contributed by atoms with van der Waals surface area (Å²) in [5.41, 5.74) is 4.01. The minimum atomic E-state index is -0.182. The molecule has 2 amide bonds. The second-order valence-electron chi connectivity index (χ2n) is 8.15. The molecule has 150 valence electrons. The third-order valence-corrected chi connectivity index (χ3v) is 6.29. The first-order chi connectivity index (χ1) is 14.6. The molecule has 5 rings (SSSR count). The van der Waals surface area contributed by atoms with Crippen molar-refractivity contribution >= 4 is 22.7 Å². The molecule has 30 heavy (non-hydrogen) atoms. The summed E-state index contributed by atoms with van der Waals surface area (Å²) in [4.78, 5) is 32.1. The number of nitriles is 1. The van der Waals surface area contributed by atoms with Gasteiger partial charge in [0, 0.05) is 36.7 Å². The van der Waals surface area contributed by atoms with Gasteiger partial charge < -0.3 is 9.88 Å². The van der Waals surface area contributed by atoms with Crippen LogP contribution in [0.5, 0.6) is 0 Å². The Morgan fingerprint density at radius 2 is 1.83 bits per heavy atom. The fourth-order valence-corrected chi connectivity index (χ4v) is 4.69. The van der Waals surface area contributed by atoms with E-state index < -0.39 is 0 Å². The normalized spacial score (nSPS) is 18.9. The molecule has 1 aromatic heterocycles. The number of H-pyrrole nitrogens is 1. The van der Waals surface area contributed by atoms with Gasteiger partial charge in [-0.1, -0.05) is 12.1 Å². The number of likely N-dealkylation sites (tertiary alicyclic amines) is 1. The monoisotopic (exact) mass is 398 g/mol. The number of hydrogen-bond acceptors (Lipinski definition) is 4. The summed E-state index contributed by atoms with van der Waals surface area (Å²) in [6.07, 6.45) is 4.10. The molecule has 0 saturated carbocycles. The number of aromatic amines is 1. The lowest BCUT2D eigenvalue weighted by Crippen LogP contribution is -2.37. The lowest BCUT2D eigenvalue weighted by Gasteiger charge is -2.20. The van der Waals surface area contributed by atoms with E-state index in [0.29, 0.717) is 35.7 Å². The van der Waals surface area contributed by atoms with Gasteiger partial charge in [0.25, 0.3) is 11.8 Å². The smallest absolute Gasteiger partial charge is 0.261 e. The Morgan fingerprint density at radius 3 is 2.57 bits per heavy atom. The maximum Gasteiger partial charge on any atom is 0.261 e. The molecule has 0 aliphatic carbocycles. The number of imide groups is 1. The van der Waals surface area contributed by atoms with Crippen LogP contribution in [0.4, 0.5) is 0 Å². The molecule has 6 nitrogen and oxygen atoms in total. The predicted octanol–water partition coefficient (Wildman–Crippen LogP) is 3.20. The van der Waals surface area contributed by atoms with Gasteiger partial charge in [-0.2, -0.15) is 5.26 Å². The van der Waals surface area contributed by atoms with E-state index in [1.165, 1.54) is 10.5 Å². The van der Waals surface area contributed by atoms with Crippen molar-refractivity contribution in [1.29, 1.82) is 5.26 Å². The number of amides is 2. The summed E-state index contributed by atoms with van der Waals surface area (Å²) < 4.78 is 0. The van der Waals surface area contributed by atoms with Gasteiger partial charge in [-0.05, 0) is 61.2 Å². The van der Waals surface area contributed by atoms with Crippen LogP contribution in [-0.4, -0.2) is 52.8 Å². The number of benzene rings is 2. The molecule has 3 aromatic rings. The number of carbonyl (C=O) groups is 2. The summed E-state index contributed by atoms with van der Waals surface area (Å²) in [6.45, 7) is 3.06. The van der Waals surface area contributed by atoms with Gasteiger partial charge in [0.2, 0.25) is 0 Å². The van der Waals surface area contributed by atoms with Gasteiger partial charge in [0.05, 0.1) is 22.8 Å². The van der Waals surface area contributed by atoms with Gasteiger partial charge in [-0.3, -0.25) is 14.5 Å². The molecule has 0 spiro atoms. The first kappa shape index (κ1) is 18.6. The van der Waals surface area contributed by atoms with Crippen molar-refractivity contribution < 1.29 is 9.59 Å². The van der Waals surface area contributed by atoms with Crippen molar-refractivity contribution in [2.75, 3.05) is 26.2 Å². The van der Waals surface area contributed by atoms with Crippen LogP contribution in [0.2, 0.25) is 0 Å². The van der Waals surface area contributed by atoms with E-state index in [1.54, 1.807) is 24.3 Å². The summed E-state index contributed by atoms with van der Waals surface area (Å²) in [6, 6.07) is 15.0. The van der Waals surface area contributed by atoms with Gasteiger partial charge >= 0.3 is 0 Å². The van der Waals surface area contributed by atoms with E-state index in [1.807, 2.05) is 24.4 Å². The number of nitrogens with one attached hydrogen (secondary N) is 1. The second kappa shape index (κ2) is 7.43. The summed E-state index contributed by atoms with van der Waals surface area (Å²) >= 11 is 0. The summed E-state index contributed by atoms with van der Waals surface area (Å²) in [5, 5.41) is 10.3. The topological polar surface area (TPSA) is 80.2 Å². The third kappa shape index (κ3) is 3.17. The molecule has 1 saturated heterocycles. The number of rotatable bonds is 5. The zero-order valence-corrected chi connectivity index (χ0v) is 16.6. The second-order valence-corrected chi connectivity index (χ2v) is 8.15. The van der Waals surface area contributed by atoms with Gasteiger partial charge in [-0.25, -0.2) is 0 Å². The zero-order valence-electron chi connectivity index (χ0n) is 16.6. The van der Waals surface area contributed by atoms with Crippen molar-refractivity contribution in [3.05, 3.63) is 70.9 Å². The average molecular weight is 398 g/mol. The SMILES string of the molecule is N#Cc1ccc2[nH]cc(CC3CCN(CCN4C(=O)c5ccccc5C4=O)C3)c2c1. The molecule has 1 fully saturated rings. The fraction of sp³-hybridized carbons (Fsp3) is 0.292. The molecule has 2 aliphatic heterocycles. The van der Waals surface area contributed by atoms with E-state index in [0.717, 1.165) is 36.8 Å². The molecule has 1 N–H and O–H groups in total. The van der Waals surface area contributed by atoms with E-state index in [4.69, 9.17) is 5.26 Å². The van der Waals surface area contributed by atoms with Crippen molar-refractivity contribution in [2.24, 2.45) is 5.92 Å². The Balaban J connectivity index is 1.20. The standard InChI is InChI=1S/C24H22N4O2/c25-13-16-5-6-22-21(12-16)18(14-26-22)11-17-7-8-27(15-17)9-10-28-23(29)19-3-1-2-4-20(19)24(28)30/h1-6,12,14,17,26H,7-11,15H2. The number of hydrogen-bond donors (Lipinski definition) is 1. The molecule has 3 heterocycles. The van der Waals surface area contributed by atoms with E-state index in [2.05, 4.69) is 16.0 Å². The van der Waals surface area contributed by atoms with E-state index in [9.17, 15) is 9.59 Å². The average Bonchev–Trinajstić information content (AvgIpc) is 3.45. The van der Waals surface area contributed by atoms with Crippen LogP contribution in [0.25, 0.3) is 10.9 Å². The third-order valence-electron chi connectivity index (χ3n) is 6.29.